The number of likely N-dealkylation sites (tertiary alicyclic amines) is 1. The summed E-state index contributed by atoms with van der Waals surface area (Å²) in [6.07, 6.45) is 2.21. The smallest absolute Gasteiger partial charge is 0.220 e. The van der Waals surface area contributed by atoms with Gasteiger partial charge >= 0.3 is 0 Å². The van der Waals surface area contributed by atoms with Crippen LogP contribution in [0.15, 0.2) is 23.0 Å². The van der Waals surface area contributed by atoms with Crippen LogP contribution in [0.1, 0.15) is 43.7 Å². The van der Waals surface area contributed by atoms with Gasteiger partial charge in [-0.15, -0.1) is 0 Å². The fourth-order valence-electron chi connectivity index (χ4n) is 2.98. The molecule has 0 saturated carbocycles. The van der Waals surface area contributed by atoms with Crippen molar-refractivity contribution in [1.82, 2.24) is 4.90 Å². The van der Waals surface area contributed by atoms with Crippen LogP contribution in [0.5, 0.6) is 5.75 Å². The zero-order chi connectivity index (χ0) is 16.1. The van der Waals surface area contributed by atoms with Crippen LogP contribution in [0.2, 0.25) is 0 Å². The second kappa shape index (κ2) is 7.75. The maximum Gasteiger partial charge on any atom is 0.220 e. The first-order chi connectivity index (χ1) is 10.5. The average Bonchev–Trinajstić information content (AvgIpc) is 2.63. The lowest BCUT2D eigenvalue weighted by atomic mass is 9.97. The quantitative estimate of drug-likeness (QED) is 0.909. The molecule has 0 atom stereocenters. The summed E-state index contributed by atoms with van der Waals surface area (Å²) >= 11 is 0. The molecule has 1 aromatic rings. The molecule has 0 spiro atoms. The predicted octanol–water partition coefficient (Wildman–Crippen LogP) is 2.73. The van der Waals surface area contributed by atoms with Crippen LogP contribution in [0, 0.1) is 5.92 Å². The van der Waals surface area contributed by atoms with Crippen molar-refractivity contribution in [3.8, 4) is 5.75 Å². The topological polar surface area (TPSA) is 49.8 Å². The van der Waals surface area contributed by atoms with Gasteiger partial charge in [-0.3, -0.25) is 9.69 Å². The molecule has 0 unspecified atom stereocenters. The lowest BCUT2D eigenvalue weighted by Gasteiger charge is -2.31. The van der Waals surface area contributed by atoms with E-state index in [1.54, 1.807) is 13.2 Å². The normalized spacial score (nSPS) is 17.1. The first kappa shape index (κ1) is 17.0. The maximum absolute atomic E-state index is 12.1. The summed E-state index contributed by atoms with van der Waals surface area (Å²) in [6.45, 7) is 7.52. The van der Waals surface area contributed by atoms with Crippen molar-refractivity contribution in [2.75, 3.05) is 26.8 Å². The third kappa shape index (κ3) is 4.31. The molecule has 1 saturated heterocycles. The fraction of sp³-hybridized carbons (Fsp3) is 0.611. The van der Waals surface area contributed by atoms with Gasteiger partial charge in [-0.25, -0.2) is 0 Å². The third-order valence-electron chi connectivity index (χ3n) is 4.48. The van der Waals surface area contributed by atoms with Crippen LogP contribution >= 0.6 is 0 Å². The Morgan fingerprint density at radius 1 is 1.32 bits per heavy atom. The van der Waals surface area contributed by atoms with Crippen LogP contribution in [0.25, 0.3) is 0 Å². The number of hydrogen-bond acceptors (Lipinski definition) is 4. The number of rotatable bonds is 5. The lowest BCUT2D eigenvalue weighted by Crippen LogP contribution is -2.34. The standard InChI is InChI=1S/C18H27NO3/c1-13(2)15-4-5-16(18(21)17(20)10-15)11-19-8-6-14(7-9-19)12-22-3/h4-5,10,13-14H,6-9,11-12H2,1-3H3,(H,20,21). The van der Waals surface area contributed by atoms with Gasteiger partial charge in [0.2, 0.25) is 5.43 Å². The van der Waals surface area contributed by atoms with E-state index < -0.39 is 0 Å². The minimum absolute atomic E-state index is 0.106. The zero-order valence-electron chi connectivity index (χ0n) is 13.8. The summed E-state index contributed by atoms with van der Waals surface area (Å²) in [5, 5.41) is 10.2. The first-order valence-corrected chi connectivity index (χ1v) is 8.08. The molecule has 1 aliphatic rings. The molecule has 0 amide bonds. The van der Waals surface area contributed by atoms with Crippen LogP contribution in [0.4, 0.5) is 0 Å². The molecule has 4 nitrogen and oxygen atoms in total. The number of nitrogens with zero attached hydrogens (tertiary/aromatic N) is 1. The summed E-state index contributed by atoms with van der Waals surface area (Å²) in [4.78, 5) is 14.4. The number of piperidine rings is 1. The van der Waals surface area contributed by atoms with E-state index in [1.165, 1.54) is 0 Å². The highest BCUT2D eigenvalue weighted by atomic mass is 16.5. The van der Waals surface area contributed by atoms with E-state index in [1.807, 2.05) is 26.0 Å². The lowest BCUT2D eigenvalue weighted by molar-refractivity contribution is 0.0965. The molecule has 1 aromatic carbocycles. The third-order valence-corrected chi connectivity index (χ3v) is 4.48. The van der Waals surface area contributed by atoms with Crippen LogP contribution in [-0.2, 0) is 11.3 Å². The zero-order valence-corrected chi connectivity index (χ0v) is 13.8. The molecular formula is C18H27NO3. The number of methoxy groups -OCH3 is 1. The van der Waals surface area contributed by atoms with Crippen molar-refractivity contribution in [3.05, 3.63) is 39.5 Å². The molecule has 0 aromatic heterocycles. The minimum Gasteiger partial charge on any atom is -0.504 e. The largest absolute Gasteiger partial charge is 0.504 e. The summed E-state index contributed by atoms with van der Waals surface area (Å²) < 4.78 is 5.22. The Labute approximate surface area is 132 Å². The van der Waals surface area contributed by atoms with Crippen molar-refractivity contribution in [2.45, 2.75) is 39.2 Å². The molecule has 0 aliphatic carbocycles. The van der Waals surface area contributed by atoms with Crippen molar-refractivity contribution in [1.29, 1.82) is 0 Å². The molecule has 1 N–H and O–H groups in total. The second-order valence-corrected chi connectivity index (χ2v) is 6.55. The van der Waals surface area contributed by atoms with Crippen molar-refractivity contribution < 1.29 is 9.84 Å². The van der Waals surface area contributed by atoms with Gasteiger partial charge in [0.15, 0.2) is 5.75 Å². The highest BCUT2D eigenvalue weighted by Crippen LogP contribution is 2.22. The van der Waals surface area contributed by atoms with Gasteiger partial charge < -0.3 is 9.84 Å². The Hall–Kier alpha value is -1.39. The van der Waals surface area contributed by atoms with Crippen LogP contribution < -0.4 is 5.43 Å². The molecule has 22 heavy (non-hydrogen) atoms. The summed E-state index contributed by atoms with van der Waals surface area (Å²) in [7, 11) is 1.75. The Bertz CT molecular complexity index is 549. The van der Waals surface area contributed by atoms with E-state index in [0.717, 1.165) is 43.7 Å². The van der Waals surface area contributed by atoms with E-state index in [9.17, 15) is 9.90 Å². The maximum atomic E-state index is 12.1. The Kier molecular flexibility index (Phi) is 5.98. The Morgan fingerprint density at radius 3 is 2.59 bits per heavy atom. The van der Waals surface area contributed by atoms with Gasteiger partial charge in [0.1, 0.15) is 0 Å². The molecule has 0 radical (unpaired) electrons. The molecule has 1 fully saturated rings. The summed E-state index contributed by atoms with van der Waals surface area (Å²) in [5.41, 5.74) is 1.41. The van der Waals surface area contributed by atoms with Crippen molar-refractivity contribution in [2.24, 2.45) is 5.92 Å². The van der Waals surface area contributed by atoms with E-state index in [4.69, 9.17) is 4.74 Å². The Balaban J connectivity index is 2.09. The number of ether oxygens (including phenoxy) is 1. The highest BCUT2D eigenvalue weighted by Gasteiger charge is 2.20. The molecular weight excluding hydrogens is 278 g/mol. The monoisotopic (exact) mass is 305 g/mol. The van der Waals surface area contributed by atoms with Crippen molar-refractivity contribution >= 4 is 0 Å². The highest BCUT2D eigenvalue weighted by molar-refractivity contribution is 5.34. The minimum atomic E-state index is -0.280. The number of hydrogen-bond donors (Lipinski definition) is 1. The van der Waals surface area contributed by atoms with Gasteiger partial charge in [0, 0.05) is 25.8 Å². The predicted molar refractivity (Wildman–Crippen MR) is 88.3 cm³/mol. The Morgan fingerprint density at radius 2 is 2.00 bits per heavy atom. The number of aromatic hydroxyl groups is 1. The van der Waals surface area contributed by atoms with Crippen LogP contribution in [0.3, 0.4) is 0 Å². The molecule has 2 rings (SSSR count). The van der Waals surface area contributed by atoms with Gasteiger partial charge in [0.25, 0.3) is 0 Å². The average molecular weight is 305 g/mol. The van der Waals surface area contributed by atoms with Gasteiger partial charge in [-0.1, -0.05) is 26.0 Å². The first-order valence-electron chi connectivity index (χ1n) is 8.08. The fourth-order valence-corrected chi connectivity index (χ4v) is 2.98. The van der Waals surface area contributed by atoms with E-state index in [-0.39, 0.29) is 17.1 Å². The summed E-state index contributed by atoms with van der Waals surface area (Å²) in [6, 6.07) is 5.40. The van der Waals surface area contributed by atoms with E-state index in [2.05, 4.69) is 4.90 Å². The molecule has 4 heteroatoms. The molecule has 0 bridgehead atoms. The van der Waals surface area contributed by atoms with E-state index in [0.29, 0.717) is 12.5 Å². The van der Waals surface area contributed by atoms with Crippen molar-refractivity contribution in [3.63, 3.8) is 0 Å². The van der Waals surface area contributed by atoms with Crippen LogP contribution in [-0.4, -0.2) is 36.8 Å². The van der Waals surface area contributed by atoms with Gasteiger partial charge in [0.05, 0.1) is 0 Å². The van der Waals surface area contributed by atoms with E-state index >= 15 is 0 Å². The second-order valence-electron chi connectivity index (χ2n) is 6.55. The van der Waals surface area contributed by atoms with Gasteiger partial charge in [-0.2, -0.15) is 0 Å². The van der Waals surface area contributed by atoms with Gasteiger partial charge in [-0.05, 0) is 49.4 Å². The molecule has 1 heterocycles. The SMILES string of the molecule is COCC1CCN(Cc2ccc(C(C)C)cc(=O)c2O)CC1. The summed E-state index contributed by atoms with van der Waals surface area (Å²) in [5.74, 6) is 0.799. The molecule has 1 aliphatic heterocycles. The molecule has 122 valence electrons.